The minimum absolute atomic E-state index is 0.164. The van der Waals surface area contributed by atoms with Gasteiger partial charge in [0, 0.05) is 23.5 Å². The summed E-state index contributed by atoms with van der Waals surface area (Å²) in [6.45, 7) is 1.69. The number of nitro benzene ring substituents is 1. The molecule has 0 saturated heterocycles. The van der Waals surface area contributed by atoms with Crippen molar-refractivity contribution in [3.63, 3.8) is 0 Å². The second-order valence-corrected chi connectivity index (χ2v) is 8.70. The summed E-state index contributed by atoms with van der Waals surface area (Å²) < 4.78 is 24.9. The first-order valence-corrected chi connectivity index (χ1v) is 12.1. The number of nitrogens with one attached hydrogen (secondary N) is 2. The fraction of sp³-hybridized carbons (Fsp3) is 0.115. The summed E-state index contributed by atoms with van der Waals surface area (Å²) in [5.74, 6) is -1.07. The van der Waals surface area contributed by atoms with Gasteiger partial charge in [-0.05, 0) is 83.6 Å². The molecule has 3 aromatic carbocycles. The highest BCUT2D eigenvalue weighted by molar-refractivity contribution is 14.1. The van der Waals surface area contributed by atoms with Crippen LogP contribution in [0.3, 0.4) is 0 Å². The van der Waals surface area contributed by atoms with Gasteiger partial charge in [-0.1, -0.05) is 6.07 Å². The number of nitriles is 1. The number of amides is 2. The van der Waals surface area contributed by atoms with Crippen molar-refractivity contribution in [1.82, 2.24) is 0 Å². The van der Waals surface area contributed by atoms with Gasteiger partial charge in [-0.25, -0.2) is 4.39 Å². The number of hydrogen-bond acceptors (Lipinski definition) is 7. The van der Waals surface area contributed by atoms with E-state index in [1.54, 1.807) is 19.1 Å². The summed E-state index contributed by atoms with van der Waals surface area (Å²) in [6, 6.07) is 15.6. The molecule has 2 amide bonds. The van der Waals surface area contributed by atoms with Crippen LogP contribution in [0.2, 0.25) is 0 Å². The average Bonchev–Trinajstić information content (AvgIpc) is 2.88. The Morgan fingerprint density at radius 1 is 1.11 bits per heavy atom. The molecule has 0 spiro atoms. The van der Waals surface area contributed by atoms with Gasteiger partial charge >= 0.3 is 0 Å². The van der Waals surface area contributed by atoms with Gasteiger partial charge in [0.05, 0.1) is 15.1 Å². The monoisotopic (exact) mass is 630 g/mol. The van der Waals surface area contributed by atoms with Crippen LogP contribution in [-0.4, -0.2) is 30.0 Å². The van der Waals surface area contributed by atoms with Crippen molar-refractivity contribution < 1.29 is 28.4 Å². The lowest BCUT2D eigenvalue weighted by molar-refractivity contribution is -0.384. The Balaban J connectivity index is 1.77. The maximum Gasteiger partial charge on any atom is 0.271 e. The summed E-state index contributed by atoms with van der Waals surface area (Å²) in [5.41, 5.74) is 0.571. The molecular formula is C26H20FIN4O6. The van der Waals surface area contributed by atoms with Gasteiger partial charge in [-0.3, -0.25) is 19.7 Å². The molecule has 0 atom stereocenters. The first-order valence-electron chi connectivity index (χ1n) is 11.0. The van der Waals surface area contributed by atoms with Gasteiger partial charge in [0.2, 0.25) is 0 Å². The van der Waals surface area contributed by atoms with E-state index in [1.807, 2.05) is 28.7 Å². The topological polar surface area (TPSA) is 144 Å². The van der Waals surface area contributed by atoms with Crippen LogP contribution in [0.5, 0.6) is 11.5 Å². The molecule has 0 aliphatic carbocycles. The van der Waals surface area contributed by atoms with Gasteiger partial charge in [0.1, 0.15) is 17.5 Å². The quantitative estimate of drug-likeness (QED) is 0.102. The smallest absolute Gasteiger partial charge is 0.271 e. The number of halogens is 2. The number of nitrogens with zero attached hydrogens (tertiary/aromatic N) is 2. The predicted octanol–water partition coefficient (Wildman–Crippen LogP) is 5.30. The van der Waals surface area contributed by atoms with Crippen LogP contribution in [0.25, 0.3) is 6.08 Å². The third kappa shape index (κ3) is 7.74. The standard InChI is InChI=1S/C26H20FIN4O6/c1-2-37-23-12-16(10-17(14-29)26(34)31-20-4-3-5-21(13-20)32(35)36)11-22(28)25(23)38-15-24(33)30-19-8-6-18(27)7-9-19/h3-13H,2,15H2,1H3,(H,30,33)(H,31,34)/b17-10-. The Bertz CT molecular complexity index is 1440. The van der Waals surface area contributed by atoms with Crippen LogP contribution < -0.4 is 20.1 Å². The summed E-state index contributed by atoms with van der Waals surface area (Å²) in [4.78, 5) is 35.3. The van der Waals surface area contributed by atoms with E-state index in [2.05, 4.69) is 10.6 Å². The number of nitro groups is 1. The van der Waals surface area contributed by atoms with E-state index in [0.717, 1.165) is 0 Å². The SMILES string of the molecule is CCOc1cc(/C=C(/C#N)C(=O)Nc2cccc([N+](=O)[O-])c2)cc(I)c1OCC(=O)Nc1ccc(F)cc1. The zero-order valence-electron chi connectivity index (χ0n) is 19.9. The third-order valence-corrected chi connectivity index (χ3v) is 5.60. The van der Waals surface area contributed by atoms with E-state index < -0.39 is 22.6 Å². The van der Waals surface area contributed by atoms with Crippen molar-refractivity contribution in [2.24, 2.45) is 0 Å². The highest BCUT2D eigenvalue weighted by Crippen LogP contribution is 2.35. The van der Waals surface area contributed by atoms with Gasteiger partial charge in [0.25, 0.3) is 17.5 Å². The Kier molecular flexibility index (Phi) is 9.72. The van der Waals surface area contributed by atoms with Crippen LogP contribution in [0, 0.1) is 30.8 Å². The minimum Gasteiger partial charge on any atom is -0.490 e. The molecule has 194 valence electrons. The van der Waals surface area contributed by atoms with Crippen LogP contribution in [-0.2, 0) is 9.59 Å². The number of benzene rings is 3. The van der Waals surface area contributed by atoms with Crippen LogP contribution in [0.4, 0.5) is 21.5 Å². The fourth-order valence-electron chi connectivity index (χ4n) is 3.15. The van der Waals surface area contributed by atoms with E-state index in [-0.39, 0.29) is 35.9 Å². The molecule has 12 heteroatoms. The van der Waals surface area contributed by atoms with Crippen molar-refractivity contribution in [3.05, 3.63) is 91.3 Å². The molecule has 0 radical (unpaired) electrons. The number of non-ortho nitro benzene ring substituents is 1. The molecule has 2 N–H and O–H groups in total. The third-order valence-electron chi connectivity index (χ3n) is 4.80. The van der Waals surface area contributed by atoms with Crippen molar-refractivity contribution >= 4 is 57.5 Å². The average molecular weight is 630 g/mol. The van der Waals surface area contributed by atoms with Crippen molar-refractivity contribution in [1.29, 1.82) is 5.26 Å². The van der Waals surface area contributed by atoms with E-state index in [1.165, 1.54) is 54.6 Å². The van der Waals surface area contributed by atoms with Gasteiger partial charge in [-0.15, -0.1) is 0 Å². The molecule has 0 unspecified atom stereocenters. The molecule has 0 bridgehead atoms. The number of hydrogen-bond donors (Lipinski definition) is 2. The zero-order valence-corrected chi connectivity index (χ0v) is 22.0. The summed E-state index contributed by atoms with van der Waals surface area (Å²) in [6.07, 6.45) is 1.34. The van der Waals surface area contributed by atoms with E-state index in [4.69, 9.17) is 9.47 Å². The van der Waals surface area contributed by atoms with Crippen molar-refractivity contribution in [3.8, 4) is 17.6 Å². The first-order chi connectivity index (χ1) is 18.2. The number of ether oxygens (including phenoxy) is 2. The molecular weight excluding hydrogens is 610 g/mol. The fourth-order valence-corrected chi connectivity index (χ4v) is 3.93. The van der Waals surface area contributed by atoms with Crippen LogP contribution >= 0.6 is 22.6 Å². The Hall–Kier alpha value is -4.51. The molecule has 0 heterocycles. The number of rotatable bonds is 10. The molecule has 0 aromatic heterocycles. The van der Waals surface area contributed by atoms with E-state index >= 15 is 0 Å². The maximum absolute atomic E-state index is 13.1. The second-order valence-electron chi connectivity index (χ2n) is 7.54. The number of carbonyl (C=O) groups excluding carboxylic acids is 2. The van der Waals surface area contributed by atoms with Crippen molar-refractivity contribution in [2.75, 3.05) is 23.8 Å². The largest absolute Gasteiger partial charge is 0.490 e. The molecule has 0 aliphatic heterocycles. The summed E-state index contributed by atoms with van der Waals surface area (Å²) in [5, 5.41) is 25.6. The van der Waals surface area contributed by atoms with Gasteiger partial charge in [-0.2, -0.15) is 5.26 Å². The molecule has 3 aromatic rings. The minimum atomic E-state index is -0.751. The Labute approximate surface area is 230 Å². The summed E-state index contributed by atoms with van der Waals surface area (Å²) in [7, 11) is 0. The van der Waals surface area contributed by atoms with Gasteiger partial charge < -0.3 is 20.1 Å². The molecule has 0 fully saturated rings. The molecule has 0 aliphatic rings. The van der Waals surface area contributed by atoms with Crippen LogP contribution in [0.1, 0.15) is 12.5 Å². The van der Waals surface area contributed by atoms with Crippen LogP contribution in [0.15, 0.2) is 66.2 Å². The normalized spacial score (nSPS) is 10.7. The number of anilines is 2. The molecule has 3 rings (SSSR count). The Morgan fingerprint density at radius 2 is 1.84 bits per heavy atom. The van der Waals surface area contributed by atoms with Crippen molar-refractivity contribution in [2.45, 2.75) is 6.92 Å². The van der Waals surface area contributed by atoms with E-state index in [0.29, 0.717) is 20.6 Å². The highest BCUT2D eigenvalue weighted by atomic mass is 127. The highest BCUT2D eigenvalue weighted by Gasteiger charge is 2.16. The lowest BCUT2D eigenvalue weighted by atomic mass is 10.1. The van der Waals surface area contributed by atoms with Gasteiger partial charge in [0.15, 0.2) is 18.1 Å². The van der Waals surface area contributed by atoms with E-state index in [9.17, 15) is 29.4 Å². The molecule has 10 nitrogen and oxygen atoms in total. The molecule has 0 saturated carbocycles. The predicted molar refractivity (Wildman–Crippen MR) is 146 cm³/mol. The summed E-state index contributed by atoms with van der Waals surface area (Å²) >= 11 is 1.97. The number of carbonyl (C=O) groups is 2. The maximum atomic E-state index is 13.1. The zero-order chi connectivity index (χ0) is 27.7. The Morgan fingerprint density at radius 3 is 2.50 bits per heavy atom. The lowest BCUT2D eigenvalue weighted by Gasteiger charge is -2.15. The first kappa shape index (κ1) is 28.1. The lowest BCUT2D eigenvalue weighted by Crippen LogP contribution is -2.20. The molecule has 38 heavy (non-hydrogen) atoms. The second kappa shape index (κ2) is 13.2.